The maximum absolute atomic E-state index is 12.1. The number of ether oxygens (including phenoxy) is 1. The van der Waals surface area contributed by atoms with Crippen LogP contribution in [0.15, 0.2) is 18.2 Å². The molecule has 1 aromatic carbocycles. The molecule has 114 valence electrons. The van der Waals surface area contributed by atoms with Crippen LogP contribution in [0.5, 0.6) is 0 Å². The Bertz CT molecular complexity index is 543. The zero-order chi connectivity index (χ0) is 14.9. The number of nitrogens with one attached hydrogen (secondary N) is 1. The summed E-state index contributed by atoms with van der Waals surface area (Å²) in [6.07, 6.45) is 4.23. The summed E-state index contributed by atoms with van der Waals surface area (Å²) < 4.78 is 5.37. The van der Waals surface area contributed by atoms with Crippen molar-refractivity contribution in [2.45, 2.75) is 50.7 Å². The number of aliphatic hydroxyl groups is 1. The first kappa shape index (κ1) is 14.5. The summed E-state index contributed by atoms with van der Waals surface area (Å²) >= 11 is 0. The molecule has 4 nitrogen and oxygen atoms in total. The first-order valence-electron chi connectivity index (χ1n) is 7.78. The van der Waals surface area contributed by atoms with Gasteiger partial charge < -0.3 is 15.2 Å². The van der Waals surface area contributed by atoms with Gasteiger partial charge in [0.15, 0.2) is 0 Å². The van der Waals surface area contributed by atoms with Crippen LogP contribution in [0, 0.1) is 0 Å². The van der Waals surface area contributed by atoms with E-state index >= 15 is 0 Å². The SMILES string of the molecule is CC1OCCC1(O)CNC(=O)Cc1ccc2c(c1)CCC2. The van der Waals surface area contributed by atoms with Gasteiger partial charge in [-0.25, -0.2) is 0 Å². The number of rotatable bonds is 4. The number of hydrogen-bond acceptors (Lipinski definition) is 3. The summed E-state index contributed by atoms with van der Waals surface area (Å²) in [5.74, 6) is -0.0412. The second kappa shape index (κ2) is 5.78. The van der Waals surface area contributed by atoms with Crippen LogP contribution in [0.1, 0.15) is 36.5 Å². The zero-order valence-corrected chi connectivity index (χ0v) is 12.5. The number of fused-ring (bicyclic) bond motifs is 1. The molecule has 0 spiro atoms. The molecular formula is C17H23NO3. The van der Waals surface area contributed by atoms with E-state index in [9.17, 15) is 9.90 Å². The van der Waals surface area contributed by atoms with Gasteiger partial charge in [-0.1, -0.05) is 18.2 Å². The quantitative estimate of drug-likeness (QED) is 0.880. The Kier molecular flexibility index (Phi) is 4.00. The van der Waals surface area contributed by atoms with Crippen molar-refractivity contribution in [2.75, 3.05) is 13.2 Å². The Morgan fingerprint density at radius 2 is 2.24 bits per heavy atom. The number of benzene rings is 1. The molecular weight excluding hydrogens is 266 g/mol. The lowest BCUT2D eigenvalue weighted by Gasteiger charge is -2.26. The van der Waals surface area contributed by atoms with E-state index < -0.39 is 5.60 Å². The van der Waals surface area contributed by atoms with Crippen LogP contribution >= 0.6 is 0 Å². The number of aryl methyl sites for hydroxylation is 2. The smallest absolute Gasteiger partial charge is 0.224 e. The van der Waals surface area contributed by atoms with Crippen LogP contribution in [0.25, 0.3) is 0 Å². The Balaban J connectivity index is 1.55. The molecule has 2 aliphatic rings. The van der Waals surface area contributed by atoms with Crippen molar-refractivity contribution >= 4 is 5.91 Å². The highest BCUT2D eigenvalue weighted by molar-refractivity contribution is 5.78. The molecule has 0 aromatic heterocycles. The van der Waals surface area contributed by atoms with Gasteiger partial charge in [0, 0.05) is 19.6 Å². The van der Waals surface area contributed by atoms with Crippen molar-refractivity contribution in [1.82, 2.24) is 5.32 Å². The monoisotopic (exact) mass is 289 g/mol. The summed E-state index contributed by atoms with van der Waals surface area (Å²) in [5, 5.41) is 13.2. The van der Waals surface area contributed by atoms with Crippen molar-refractivity contribution in [3.05, 3.63) is 34.9 Å². The molecule has 1 amide bonds. The van der Waals surface area contributed by atoms with Crippen molar-refractivity contribution in [2.24, 2.45) is 0 Å². The van der Waals surface area contributed by atoms with Gasteiger partial charge in [-0.3, -0.25) is 4.79 Å². The van der Waals surface area contributed by atoms with Gasteiger partial charge in [0.05, 0.1) is 12.5 Å². The molecule has 1 fully saturated rings. The lowest BCUT2D eigenvalue weighted by atomic mass is 9.96. The van der Waals surface area contributed by atoms with Crippen LogP contribution < -0.4 is 5.32 Å². The summed E-state index contributed by atoms with van der Waals surface area (Å²) in [7, 11) is 0. The van der Waals surface area contributed by atoms with Crippen LogP contribution in [-0.2, 0) is 28.8 Å². The summed E-state index contributed by atoms with van der Waals surface area (Å²) in [6.45, 7) is 2.66. The minimum atomic E-state index is -0.923. The maximum Gasteiger partial charge on any atom is 0.224 e. The molecule has 1 aromatic rings. The molecule has 1 aliphatic heterocycles. The summed E-state index contributed by atoms with van der Waals surface area (Å²) in [6, 6.07) is 6.34. The highest BCUT2D eigenvalue weighted by Gasteiger charge is 2.39. The van der Waals surface area contributed by atoms with E-state index in [2.05, 4.69) is 17.4 Å². The van der Waals surface area contributed by atoms with Gasteiger partial charge in [-0.2, -0.15) is 0 Å². The molecule has 1 saturated heterocycles. The van der Waals surface area contributed by atoms with E-state index in [4.69, 9.17) is 4.74 Å². The van der Waals surface area contributed by atoms with Gasteiger partial charge in [0.2, 0.25) is 5.91 Å². The minimum Gasteiger partial charge on any atom is -0.385 e. The normalized spacial score (nSPS) is 27.6. The Morgan fingerprint density at radius 1 is 1.43 bits per heavy atom. The maximum atomic E-state index is 12.1. The summed E-state index contributed by atoms with van der Waals surface area (Å²) in [4.78, 5) is 12.1. The van der Waals surface area contributed by atoms with Gasteiger partial charge >= 0.3 is 0 Å². The number of carbonyl (C=O) groups excluding carboxylic acids is 1. The third kappa shape index (κ3) is 3.11. The zero-order valence-electron chi connectivity index (χ0n) is 12.5. The van der Waals surface area contributed by atoms with E-state index in [0.29, 0.717) is 19.4 Å². The predicted molar refractivity (Wildman–Crippen MR) is 80.2 cm³/mol. The van der Waals surface area contributed by atoms with Gasteiger partial charge in [0.25, 0.3) is 0 Å². The molecule has 0 saturated carbocycles. The molecule has 1 heterocycles. The van der Waals surface area contributed by atoms with E-state index in [1.807, 2.05) is 13.0 Å². The first-order chi connectivity index (χ1) is 10.1. The lowest BCUT2D eigenvalue weighted by molar-refractivity contribution is -0.122. The van der Waals surface area contributed by atoms with Crippen molar-refractivity contribution in [1.29, 1.82) is 0 Å². The fourth-order valence-corrected chi connectivity index (χ4v) is 3.24. The second-order valence-corrected chi connectivity index (χ2v) is 6.28. The van der Waals surface area contributed by atoms with Crippen LogP contribution in [-0.4, -0.2) is 35.9 Å². The number of carbonyl (C=O) groups is 1. The minimum absolute atomic E-state index is 0.0412. The van der Waals surface area contributed by atoms with Crippen molar-refractivity contribution in [3.63, 3.8) is 0 Å². The highest BCUT2D eigenvalue weighted by atomic mass is 16.5. The molecule has 3 rings (SSSR count). The molecule has 2 unspecified atom stereocenters. The average Bonchev–Trinajstić information content (AvgIpc) is 3.04. The third-order valence-corrected chi connectivity index (χ3v) is 4.78. The largest absolute Gasteiger partial charge is 0.385 e. The molecule has 0 radical (unpaired) electrons. The van der Waals surface area contributed by atoms with Crippen LogP contribution in [0.2, 0.25) is 0 Å². The predicted octanol–water partition coefficient (Wildman–Crippen LogP) is 1.37. The fraction of sp³-hybridized carbons (Fsp3) is 0.588. The molecule has 2 N–H and O–H groups in total. The van der Waals surface area contributed by atoms with Crippen LogP contribution in [0.4, 0.5) is 0 Å². The average molecular weight is 289 g/mol. The molecule has 1 aliphatic carbocycles. The van der Waals surface area contributed by atoms with E-state index in [1.54, 1.807) is 0 Å². The Hall–Kier alpha value is -1.39. The molecule has 4 heteroatoms. The van der Waals surface area contributed by atoms with Gasteiger partial charge in [-0.05, 0) is 42.9 Å². The molecule has 2 atom stereocenters. The molecule has 0 bridgehead atoms. The van der Waals surface area contributed by atoms with Crippen molar-refractivity contribution in [3.8, 4) is 0 Å². The third-order valence-electron chi connectivity index (χ3n) is 4.78. The van der Waals surface area contributed by atoms with Crippen LogP contribution in [0.3, 0.4) is 0 Å². The fourth-order valence-electron chi connectivity index (χ4n) is 3.24. The number of hydrogen-bond donors (Lipinski definition) is 2. The van der Waals surface area contributed by atoms with E-state index in [1.165, 1.54) is 17.5 Å². The second-order valence-electron chi connectivity index (χ2n) is 6.28. The highest BCUT2D eigenvalue weighted by Crippen LogP contribution is 2.25. The van der Waals surface area contributed by atoms with Crippen molar-refractivity contribution < 1.29 is 14.6 Å². The Morgan fingerprint density at radius 3 is 3.00 bits per heavy atom. The van der Waals surface area contributed by atoms with E-state index in [0.717, 1.165) is 18.4 Å². The topological polar surface area (TPSA) is 58.6 Å². The Labute approximate surface area is 125 Å². The van der Waals surface area contributed by atoms with Gasteiger partial charge in [-0.15, -0.1) is 0 Å². The molecule has 21 heavy (non-hydrogen) atoms. The first-order valence-corrected chi connectivity index (χ1v) is 7.78. The lowest BCUT2D eigenvalue weighted by Crippen LogP contribution is -2.47. The van der Waals surface area contributed by atoms with E-state index in [-0.39, 0.29) is 18.6 Å². The summed E-state index contributed by atoms with van der Waals surface area (Å²) in [5.41, 5.74) is 2.94. The standard InChI is InChI=1S/C17H23NO3/c1-12-17(20,7-8-21-12)11-18-16(19)10-13-5-6-14-3-2-4-15(14)9-13/h5-6,9,12,20H,2-4,7-8,10-11H2,1H3,(H,18,19). The number of amides is 1. The van der Waals surface area contributed by atoms with Gasteiger partial charge in [0.1, 0.15) is 5.60 Å².